The molecule has 0 radical (unpaired) electrons. The molecule has 7 nitrogen and oxygen atoms in total. The number of carbonyl (C=O) groups is 1. The quantitative estimate of drug-likeness (QED) is 0.382. The third-order valence-electron chi connectivity index (χ3n) is 6.09. The van der Waals surface area contributed by atoms with Crippen molar-refractivity contribution in [3.63, 3.8) is 0 Å². The number of anilines is 4. The zero-order valence-corrected chi connectivity index (χ0v) is 20.2. The summed E-state index contributed by atoms with van der Waals surface area (Å²) in [6.45, 7) is 4.89. The van der Waals surface area contributed by atoms with Crippen molar-refractivity contribution >= 4 is 29.0 Å². The molecule has 1 amide bonds. The molecule has 0 aliphatic carbocycles. The molecule has 3 aromatic carbocycles. The van der Waals surface area contributed by atoms with E-state index in [1.54, 1.807) is 0 Å². The number of ether oxygens (including phenoxy) is 1. The zero-order valence-electron chi connectivity index (χ0n) is 20.2. The van der Waals surface area contributed by atoms with Gasteiger partial charge in [0.25, 0.3) is 0 Å². The van der Waals surface area contributed by atoms with Gasteiger partial charge < -0.3 is 20.3 Å². The van der Waals surface area contributed by atoms with Crippen LogP contribution in [-0.2, 0) is 9.53 Å². The average Bonchev–Trinajstić information content (AvgIpc) is 2.91. The smallest absolute Gasteiger partial charge is 0.236 e. The normalized spacial score (nSPS) is 13.4. The lowest BCUT2D eigenvalue weighted by Crippen LogP contribution is -2.37. The third-order valence-corrected chi connectivity index (χ3v) is 6.09. The van der Waals surface area contributed by atoms with E-state index >= 15 is 0 Å². The van der Waals surface area contributed by atoms with Gasteiger partial charge in [-0.15, -0.1) is 0 Å². The monoisotopic (exact) mass is 479 g/mol. The number of aromatic nitrogens is 2. The van der Waals surface area contributed by atoms with Gasteiger partial charge in [0.05, 0.1) is 19.1 Å². The molecule has 36 heavy (non-hydrogen) atoms. The van der Waals surface area contributed by atoms with Crippen LogP contribution in [0.25, 0.3) is 0 Å². The van der Waals surface area contributed by atoms with Gasteiger partial charge in [0.15, 0.2) is 0 Å². The molecule has 2 N–H and O–H groups in total. The maximum absolute atomic E-state index is 13.4. The first kappa shape index (κ1) is 23.5. The molecular formula is C29H29N5O2. The molecule has 4 aromatic rings. The van der Waals surface area contributed by atoms with Crippen LogP contribution >= 0.6 is 0 Å². The van der Waals surface area contributed by atoms with E-state index in [9.17, 15) is 4.79 Å². The van der Waals surface area contributed by atoms with Crippen molar-refractivity contribution in [1.82, 2.24) is 9.97 Å². The second kappa shape index (κ2) is 11.0. The molecule has 7 heteroatoms. The van der Waals surface area contributed by atoms with Gasteiger partial charge >= 0.3 is 0 Å². The predicted molar refractivity (Wildman–Crippen MR) is 143 cm³/mol. The minimum absolute atomic E-state index is 0.0744. The highest BCUT2D eigenvalue weighted by atomic mass is 16.5. The van der Waals surface area contributed by atoms with E-state index in [4.69, 9.17) is 9.72 Å². The lowest BCUT2D eigenvalue weighted by molar-refractivity contribution is -0.116. The number of hydrogen-bond donors (Lipinski definition) is 2. The molecule has 0 spiro atoms. The highest BCUT2D eigenvalue weighted by Crippen LogP contribution is 2.27. The molecule has 1 aromatic heterocycles. The molecule has 5 rings (SSSR count). The van der Waals surface area contributed by atoms with Gasteiger partial charge in [0.1, 0.15) is 5.82 Å². The van der Waals surface area contributed by atoms with Crippen LogP contribution in [0.3, 0.4) is 0 Å². The summed E-state index contributed by atoms with van der Waals surface area (Å²) in [4.78, 5) is 24.8. The number of nitrogens with zero attached hydrogens (tertiary/aromatic N) is 3. The van der Waals surface area contributed by atoms with Gasteiger partial charge in [0.2, 0.25) is 11.9 Å². The van der Waals surface area contributed by atoms with Crippen molar-refractivity contribution < 1.29 is 9.53 Å². The van der Waals surface area contributed by atoms with Crippen molar-refractivity contribution in [1.29, 1.82) is 0 Å². The minimum Gasteiger partial charge on any atom is -0.378 e. The minimum atomic E-state index is -0.396. The summed E-state index contributed by atoms with van der Waals surface area (Å²) in [5, 5.41) is 6.44. The van der Waals surface area contributed by atoms with Gasteiger partial charge in [-0.25, -0.2) is 4.98 Å². The summed E-state index contributed by atoms with van der Waals surface area (Å²) in [6.07, 6.45) is 0. The van der Waals surface area contributed by atoms with E-state index in [-0.39, 0.29) is 5.91 Å². The largest absolute Gasteiger partial charge is 0.378 e. The lowest BCUT2D eigenvalue weighted by atomic mass is 9.90. The summed E-state index contributed by atoms with van der Waals surface area (Å²) < 4.78 is 5.44. The number of aryl methyl sites for hydroxylation is 1. The third kappa shape index (κ3) is 5.70. The fraction of sp³-hybridized carbons (Fsp3) is 0.207. The maximum atomic E-state index is 13.4. The van der Waals surface area contributed by atoms with Crippen LogP contribution in [0.1, 0.15) is 22.7 Å². The van der Waals surface area contributed by atoms with E-state index in [0.29, 0.717) is 19.2 Å². The first-order valence-electron chi connectivity index (χ1n) is 12.1. The Kier molecular flexibility index (Phi) is 7.19. The predicted octanol–water partition coefficient (Wildman–Crippen LogP) is 5.14. The van der Waals surface area contributed by atoms with Gasteiger partial charge in [-0.3, -0.25) is 4.79 Å². The topological polar surface area (TPSA) is 79.4 Å². The second-order valence-electron chi connectivity index (χ2n) is 8.74. The van der Waals surface area contributed by atoms with Crippen LogP contribution in [0.5, 0.6) is 0 Å². The number of rotatable bonds is 7. The first-order chi connectivity index (χ1) is 17.7. The second-order valence-corrected chi connectivity index (χ2v) is 8.74. The highest BCUT2D eigenvalue weighted by Gasteiger charge is 2.22. The Bertz CT molecular complexity index is 1250. The van der Waals surface area contributed by atoms with E-state index in [1.165, 1.54) is 0 Å². The lowest BCUT2D eigenvalue weighted by Gasteiger charge is -2.27. The molecule has 0 atom stereocenters. The summed E-state index contributed by atoms with van der Waals surface area (Å²) in [6, 6.07) is 29.3. The standard InChI is InChI=1S/C29H29N5O2/c1-21-20-26(33-29(30-21)34-16-18-36-19-17-34)31-24-12-14-25(15-13-24)32-28(35)27(22-8-4-2-5-9-22)23-10-6-3-7-11-23/h2-15,20,27H,16-19H2,1H3,(H,32,35)(H,30,31,33). The fourth-order valence-electron chi connectivity index (χ4n) is 4.31. The molecule has 1 aliphatic rings. The summed E-state index contributed by atoms with van der Waals surface area (Å²) in [5.41, 5.74) is 4.41. The number of morpholine rings is 1. The zero-order chi connectivity index (χ0) is 24.7. The van der Waals surface area contributed by atoms with Crippen LogP contribution < -0.4 is 15.5 Å². The van der Waals surface area contributed by atoms with Crippen LogP contribution in [0.4, 0.5) is 23.1 Å². The average molecular weight is 480 g/mol. The summed E-state index contributed by atoms with van der Waals surface area (Å²) in [7, 11) is 0. The van der Waals surface area contributed by atoms with E-state index in [1.807, 2.05) is 97.9 Å². The Morgan fingerprint density at radius 2 is 1.42 bits per heavy atom. The van der Waals surface area contributed by atoms with E-state index < -0.39 is 5.92 Å². The first-order valence-corrected chi connectivity index (χ1v) is 12.1. The Balaban J connectivity index is 1.29. The van der Waals surface area contributed by atoms with Crippen LogP contribution in [0.15, 0.2) is 91.0 Å². The van der Waals surface area contributed by atoms with Crippen LogP contribution in [0.2, 0.25) is 0 Å². The van der Waals surface area contributed by atoms with Gasteiger partial charge in [-0.1, -0.05) is 60.7 Å². The van der Waals surface area contributed by atoms with Crippen molar-refractivity contribution in [2.75, 3.05) is 41.8 Å². The van der Waals surface area contributed by atoms with Gasteiger partial charge in [-0.05, 0) is 42.3 Å². The number of amides is 1. The summed E-state index contributed by atoms with van der Waals surface area (Å²) in [5.74, 6) is 0.967. The number of benzene rings is 3. The Labute approximate surface area is 211 Å². The Morgan fingerprint density at radius 3 is 2.03 bits per heavy atom. The summed E-state index contributed by atoms with van der Waals surface area (Å²) >= 11 is 0. The SMILES string of the molecule is Cc1cc(Nc2ccc(NC(=O)C(c3ccccc3)c3ccccc3)cc2)nc(N2CCOCC2)n1. The Morgan fingerprint density at radius 1 is 0.833 bits per heavy atom. The van der Waals surface area contributed by atoms with Crippen LogP contribution in [0, 0.1) is 6.92 Å². The number of nitrogens with one attached hydrogen (secondary N) is 2. The molecule has 2 heterocycles. The van der Waals surface area contributed by atoms with Crippen molar-refractivity contribution in [3.05, 3.63) is 108 Å². The molecule has 0 unspecified atom stereocenters. The van der Waals surface area contributed by atoms with E-state index in [2.05, 4.69) is 20.5 Å². The van der Waals surface area contributed by atoms with Crippen LogP contribution in [-0.4, -0.2) is 42.2 Å². The number of carbonyl (C=O) groups excluding carboxylic acids is 1. The van der Waals surface area contributed by atoms with Crippen molar-refractivity contribution in [3.8, 4) is 0 Å². The maximum Gasteiger partial charge on any atom is 0.236 e. The van der Waals surface area contributed by atoms with Crippen molar-refractivity contribution in [2.45, 2.75) is 12.8 Å². The van der Waals surface area contributed by atoms with E-state index in [0.717, 1.165) is 47.1 Å². The molecule has 0 saturated carbocycles. The molecule has 1 aliphatic heterocycles. The van der Waals surface area contributed by atoms with Crippen molar-refractivity contribution in [2.24, 2.45) is 0 Å². The van der Waals surface area contributed by atoms with Gasteiger partial charge in [0, 0.05) is 36.2 Å². The molecule has 1 saturated heterocycles. The van der Waals surface area contributed by atoms with Gasteiger partial charge in [-0.2, -0.15) is 4.98 Å². The molecule has 1 fully saturated rings. The Hall–Kier alpha value is -4.23. The highest BCUT2D eigenvalue weighted by molar-refractivity contribution is 5.98. The fourth-order valence-corrected chi connectivity index (χ4v) is 4.31. The molecule has 182 valence electrons. The molecular weight excluding hydrogens is 450 g/mol. The molecule has 0 bridgehead atoms. The number of hydrogen-bond acceptors (Lipinski definition) is 6.